The third-order valence-electron chi connectivity index (χ3n) is 4.97. The number of hydrogen-bond acceptors (Lipinski definition) is 6. The molecule has 0 unspecified atom stereocenters. The summed E-state index contributed by atoms with van der Waals surface area (Å²) in [6.45, 7) is 8.27. The molecule has 0 spiro atoms. The number of aromatic nitrogens is 4. The standard InChI is InChI=1S/C23H22N4O2/c1-15-5-7-17(8-6-15)23(3,4)18-9-11-19(12-10-18)28-21-14-13-20(25-26-21)22-24-16(2)29-27-22/h5-14H,1-4H3. The van der Waals surface area contributed by atoms with Crippen LogP contribution in [0.2, 0.25) is 0 Å². The molecule has 2 heterocycles. The first kappa shape index (κ1) is 18.8. The monoisotopic (exact) mass is 386 g/mol. The highest BCUT2D eigenvalue weighted by atomic mass is 16.5. The summed E-state index contributed by atoms with van der Waals surface area (Å²) in [7, 11) is 0. The Balaban J connectivity index is 1.48. The quantitative estimate of drug-likeness (QED) is 0.466. The van der Waals surface area contributed by atoms with Crippen molar-refractivity contribution in [2.45, 2.75) is 33.1 Å². The van der Waals surface area contributed by atoms with Crippen LogP contribution in [0.3, 0.4) is 0 Å². The van der Waals surface area contributed by atoms with Crippen LogP contribution in [0.15, 0.2) is 65.2 Å². The summed E-state index contributed by atoms with van der Waals surface area (Å²) in [5, 5.41) is 12.0. The Labute approximate surface area is 169 Å². The minimum Gasteiger partial charge on any atom is -0.438 e. The maximum Gasteiger partial charge on any atom is 0.238 e. The van der Waals surface area contributed by atoms with E-state index in [1.807, 2.05) is 12.1 Å². The van der Waals surface area contributed by atoms with Gasteiger partial charge in [0.1, 0.15) is 11.4 Å². The minimum atomic E-state index is -0.101. The number of ether oxygens (including phenoxy) is 1. The van der Waals surface area contributed by atoms with E-state index in [9.17, 15) is 0 Å². The Morgan fingerprint density at radius 1 is 0.793 bits per heavy atom. The predicted molar refractivity (Wildman–Crippen MR) is 110 cm³/mol. The highest BCUT2D eigenvalue weighted by Crippen LogP contribution is 2.33. The van der Waals surface area contributed by atoms with Gasteiger partial charge in [0.05, 0.1) is 0 Å². The largest absolute Gasteiger partial charge is 0.438 e. The average Bonchev–Trinajstić information content (AvgIpc) is 3.16. The first-order chi connectivity index (χ1) is 13.9. The zero-order valence-electron chi connectivity index (χ0n) is 16.9. The summed E-state index contributed by atoms with van der Waals surface area (Å²) < 4.78 is 10.8. The van der Waals surface area contributed by atoms with E-state index in [1.165, 1.54) is 16.7 Å². The molecular weight excluding hydrogens is 364 g/mol. The highest BCUT2D eigenvalue weighted by Gasteiger charge is 2.23. The maximum absolute atomic E-state index is 5.83. The molecule has 0 atom stereocenters. The van der Waals surface area contributed by atoms with Crippen molar-refractivity contribution in [2.75, 3.05) is 0 Å². The van der Waals surface area contributed by atoms with Gasteiger partial charge in [0.15, 0.2) is 0 Å². The van der Waals surface area contributed by atoms with Gasteiger partial charge in [-0.05, 0) is 36.2 Å². The third-order valence-corrected chi connectivity index (χ3v) is 4.97. The van der Waals surface area contributed by atoms with Crippen LogP contribution in [-0.4, -0.2) is 20.3 Å². The number of aryl methyl sites for hydroxylation is 2. The Morgan fingerprint density at radius 3 is 2.00 bits per heavy atom. The van der Waals surface area contributed by atoms with E-state index in [4.69, 9.17) is 9.26 Å². The zero-order chi connectivity index (χ0) is 20.4. The molecule has 0 radical (unpaired) electrons. The maximum atomic E-state index is 5.83. The number of benzene rings is 2. The van der Waals surface area contributed by atoms with Gasteiger partial charge in [-0.25, -0.2) is 0 Å². The van der Waals surface area contributed by atoms with Gasteiger partial charge in [-0.2, -0.15) is 4.98 Å². The molecule has 0 bridgehead atoms. The normalized spacial score (nSPS) is 11.4. The molecule has 0 N–H and O–H groups in total. The molecule has 0 aliphatic carbocycles. The van der Waals surface area contributed by atoms with Crippen LogP contribution in [0, 0.1) is 13.8 Å². The Hall–Kier alpha value is -3.54. The fourth-order valence-corrected chi connectivity index (χ4v) is 3.09. The Morgan fingerprint density at radius 2 is 1.45 bits per heavy atom. The summed E-state index contributed by atoms with van der Waals surface area (Å²) in [5.41, 5.74) is 4.17. The van der Waals surface area contributed by atoms with Gasteiger partial charge in [0.25, 0.3) is 0 Å². The molecule has 29 heavy (non-hydrogen) atoms. The smallest absolute Gasteiger partial charge is 0.238 e. The molecule has 0 amide bonds. The van der Waals surface area contributed by atoms with Crippen molar-refractivity contribution in [3.05, 3.63) is 83.2 Å². The van der Waals surface area contributed by atoms with E-state index < -0.39 is 0 Å². The molecular formula is C23H22N4O2. The van der Waals surface area contributed by atoms with Crippen LogP contribution in [0.1, 0.15) is 36.4 Å². The summed E-state index contributed by atoms with van der Waals surface area (Å²) in [5.74, 6) is 1.99. The lowest BCUT2D eigenvalue weighted by Crippen LogP contribution is -2.18. The summed E-state index contributed by atoms with van der Waals surface area (Å²) in [6.07, 6.45) is 0. The van der Waals surface area contributed by atoms with Crippen molar-refractivity contribution in [3.8, 4) is 23.1 Å². The molecule has 6 heteroatoms. The summed E-state index contributed by atoms with van der Waals surface area (Å²) in [4.78, 5) is 4.14. The van der Waals surface area contributed by atoms with E-state index in [-0.39, 0.29) is 5.41 Å². The van der Waals surface area contributed by atoms with Crippen LogP contribution in [0.5, 0.6) is 11.6 Å². The number of nitrogens with zero attached hydrogens (tertiary/aromatic N) is 4. The van der Waals surface area contributed by atoms with Crippen molar-refractivity contribution >= 4 is 0 Å². The minimum absolute atomic E-state index is 0.101. The Kier molecular flexibility index (Phi) is 4.84. The highest BCUT2D eigenvalue weighted by molar-refractivity contribution is 5.47. The van der Waals surface area contributed by atoms with Gasteiger partial charge in [-0.1, -0.05) is 61.0 Å². The summed E-state index contributed by atoms with van der Waals surface area (Å²) >= 11 is 0. The summed E-state index contributed by atoms with van der Waals surface area (Å²) in [6, 6.07) is 20.2. The van der Waals surface area contributed by atoms with Crippen molar-refractivity contribution < 1.29 is 9.26 Å². The SMILES string of the molecule is Cc1ccc(C(C)(C)c2ccc(Oc3ccc(-c4noc(C)n4)nn3)cc2)cc1. The van der Waals surface area contributed by atoms with Crippen LogP contribution in [-0.2, 0) is 5.41 Å². The Bertz CT molecular complexity index is 1100. The van der Waals surface area contributed by atoms with Crippen LogP contribution in [0.4, 0.5) is 0 Å². The molecule has 2 aromatic heterocycles. The molecule has 4 aromatic rings. The third kappa shape index (κ3) is 4.01. The van der Waals surface area contributed by atoms with E-state index in [1.54, 1.807) is 19.1 Å². The first-order valence-corrected chi connectivity index (χ1v) is 9.42. The lowest BCUT2D eigenvalue weighted by atomic mass is 9.78. The topological polar surface area (TPSA) is 73.9 Å². The molecule has 0 saturated carbocycles. The van der Waals surface area contributed by atoms with E-state index in [2.05, 4.69) is 77.5 Å². The van der Waals surface area contributed by atoms with Gasteiger partial charge < -0.3 is 9.26 Å². The zero-order valence-corrected chi connectivity index (χ0v) is 16.9. The van der Waals surface area contributed by atoms with E-state index in [0.29, 0.717) is 29.0 Å². The second-order valence-corrected chi connectivity index (χ2v) is 7.51. The van der Waals surface area contributed by atoms with Crippen molar-refractivity contribution in [1.82, 2.24) is 20.3 Å². The molecule has 4 rings (SSSR count). The first-order valence-electron chi connectivity index (χ1n) is 9.42. The van der Waals surface area contributed by atoms with Crippen LogP contribution in [0.25, 0.3) is 11.5 Å². The lowest BCUT2D eigenvalue weighted by Gasteiger charge is -2.26. The predicted octanol–water partition coefficient (Wildman–Crippen LogP) is 5.26. The molecule has 0 aliphatic heterocycles. The molecule has 0 aliphatic rings. The van der Waals surface area contributed by atoms with Gasteiger partial charge >= 0.3 is 0 Å². The van der Waals surface area contributed by atoms with Gasteiger partial charge in [-0.3, -0.25) is 0 Å². The molecule has 2 aromatic carbocycles. The fraction of sp³-hybridized carbons (Fsp3) is 0.217. The van der Waals surface area contributed by atoms with Gasteiger partial charge in [-0.15, -0.1) is 10.2 Å². The lowest BCUT2D eigenvalue weighted by molar-refractivity contribution is 0.394. The van der Waals surface area contributed by atoms with Crippen molar-refractivity contribution in [2.24, 2.45) is 0 Å². The fourth-order valence-electron chi connectivity index (χ4n) is 3.09. The number of rotatable bonds is 5. The van der Waals surface area contributed by atoms with Crippen LogP contribution < -0.4 is 4.74 Å². The molecule has 0 fully saturated rings. The second kappa shape index (κ2) is 7.47. The van der Waals surface area contributed by atoms with Crippen molar-refractivity contribution in [1.29, 1.82) is 0 Å². The number of hydrogen-bond donors (Lipinski definition) is 0. The van der Waals surface area contributed by atoms with E-state index in [0.717, 1.165) is 0 Å². The second-order valence-electron chi connectivity index (χ2n) is 7.51. The van der Waals surface area contributed by atoms with E-state index >= 15 is 0 Å². The molecule has 6 nitrogen and oxygen atoms in total. The van der Waals surface area contributed by atoms with Crippen molar-refractivity contribution in [3.63, 3.8) is 0 Å². The van der Waals surface area contributed by atoms with Gasteiger partial charge in [0, 0.05) is 18.4 Å². The average molecular weight is 386 g/mol. The van der Waals surface area contributed by atoms with Gasteiger partial charge in [0.2, 0.25) is 17.6 Å². The van der Waals surface area contributed by atoms with Crippen LogP contribution >= 0.6 is 0 Å². The molecule has 0 saturated heterocycles. The molecule has 146 valence electrons.